The van der Waals surface area contributed by atoms with Crippen LogP contribution in [-0.2, 0) is 27.3 Å². The number of carbonyl (C=O) groups excluding carboxylic acids is 4. The van der Waals surface area contributed by atoms with Crippen LogP contribution in [0.2, 0.25) is 0 Å². The Balaban J connectivity index is 1.05. The lowest BCUT2D eigenvalue weighted by Crippen LogP contribution is -2.54. The van der Waals surface area contributed by atoms with Crippen LogP contribution in [0.25, 0.3) is 22.0 Å². The van der Waals surface area contributed by atoms with Gasteiger partial charge in [0.2, 0.25) is 11.8 Å². The molecule has 2 aliphatic heterocycles. The summed E-state index contributed by atoms with van der Waals surface area (Å²) in [6, 6.07) is 6.61. The van der Waals surface area contributed by atoms with Gasteiger partial charge in [-0.1, -0.05) is 6.07 Å². The van der Waals surface area contributed by atoms with E-state index in [0.717, 1.165) is 40.8 Å². The number of hydrogen-bond acceptors (Lipinski definition) is 8. The summed E-state index contributed by atoms with van der Waals surface area (Å²) in [5.41, 5.74) is 5.20. The fourth-order valence-electron chi connectivity index (χ4n) is 8.13. The van der Waals surface area contributed by atoms with Crippen molar-refractivity contribution in [3.8, 4) is 11.1 Å². The first-order chi connectivity index (χ1) is 23.0. The zero-order valence-electron chi connectivity index (χ0n) is 27.3. The number of fused-ring (bicyclic) bond motifs is 3. The number of aromatic nitrogens is 5. The maximum atomic E-state index is 14.3. The van der Waals surface area contributed by atoms with Gasteiger partial charge in [0.25, 0.3) is 0 Å². The van der Waals surface area contributed by atoms with Crippen LogP contribution in [0, 0.1) is 44.4 Å². The Bertz CT molecular complexity index is 2040. The highest BCUT2D eigenvalue weighted by Crippen LogP contribution is 2.54. The van der Waals surface area contributed by atoms with Crippen LogP contribution in [-0.4, -0.2) is 83.1 Å². The van der Waals surface area contributed by atoms with Gasteiger partial charge in [0, 0.05) is 43.4 Å². The molecule has 0 spiro atoms. The molecule has 4 aromatic rings. The summed E-state index contributed by atoms with van der Waals surface area (Å²) in [5, 5.41) is 5.29. The number of benzene rings is 1. The fourth-order valence-corrected chi connectivity index (χ4v) is 8.48. The van der Waals surface area contributed by atoms with Crippen LogP contribution in [0.4, 0.5) is 0 Å². The highest BCUT2D eigenvalue weighted by Gasteiger charge is 2.62. The van der Waals surface area contributed by atoms with Gasteiger partial charge in [-0.25, -0.2) is 15.0 Å². The van der Waals surface area contributed by atoms with Gasteiger partial charge >= 0.3 is 0 Å². The molecule has 0 N–H and O–H groups in total. The Hall–Kier alpha value is -4.32. The first-order valence-corrected chi connectivity index (χ1v) is 17.3. The van der Waals surface area contributed by atoms with Crippen LogP contribution >= 0.6 is 15.9 Å². The maximum Gasteiger partial charge on any atom is 0.246 e. The van der Waals surface area contributed by atoms with Gasteiger partial charge in [0.15, 0.2) is 11.6 Å². The highest BCUT2D eigenvalue weighted by molar-refractivity contribution is 9.10. The molecule has 4 aliphatic rings. The number of hydrogen-bond donors (Lipinski definition) is 0. The lowest BCUT2D eigenvalue weighted by atomic mass is 10.00. The van der Waals surface area contributed by atoms with Gasteiger partial charge < -0.3 is 9.80 Å². The Labute approximate surface area is 286 Å². The molecule has 5 heterocycles. The Kier molecular flexibility index (Phi) is 7.35. The number of halogens is 1. The predicted octanol–water partition coefficient (Wildman–Crippen LogP) is 4.28. The number of pyridine rings is 1. The van der Waals surface area contributed by atoms with Crippen molar-refractivity contribution in [3.63, 3.8) is 0 Å². The van der Waals surface area contributed by atoms with Crippen LogP contribution in [0.5, 0.6) is 0 Å². The molecule has 11 nitrogen and oxygen atoms in total. The number of likely N-dealkylation sites (tertiary alicyclic amines) is 2. The molecule has 6 atom stereocenters. The lowest BCUT2D eigenvalue weighted by Gasteiger charge is -2.34. The molecule has 8 rings (SSSR count). The van der Waals surface area contributed by atoms with E-state index in [2.05, 4.69) is 36.0 Å². The summed E-state index contributed by atoms with van der Waals surface area (Å²) < 4.78 is 2.28. The van der Waals surface area contributed by atoms with E-state index in [1.807, 2.05) is 45.0 Å². The highest BCUT2D eigenvalue weighted by atomic mass is 79.9. The van der Waals surface area contributed by atoms with Crippen molar-refractivity contribution in [2.24, 2.45) is 23.7 Å². The van der Waals surface area contributed by atoms with Crippen molar-refractivity contribution >= 4 is 50.2 Å². The van der Waals surface area contributed by atoms with Gasteiger partial charge in [-0.2, -0.15) is 5.10 Å². The number of nitrogens with zero attached hydrogens (tertiary/aromatic N) is 7. The van der Waals surface area contributed by atoms with Crippen molar-refractivity contribution in [2.45, 2.75) is 65.6 Å². The molecule has 4 fully saturated rings. The Morgan fingerprint density at radius 2 is 1.56 bits per heavy atom. The van der Waals surface area contributed by atoms with Gasteiger partial charge in [-0.15, -0.1) is 0 Å². The van der Waals surface area contributed by atoms with E-state index >= 15 is 0 Å². The predicted molar refractivity (Wildman–Crippen MR) is 180 cm³/mol. The molecular formula is C36H36BrN7O4. The van der Waals surface area contributed by atoms with Crippen molar-refractivity contribution in [3.05, 3.63) is 69.6 Å². The third-order valence-electron chi connectivity index (χ3n) is 10.8. The van der Waals surface area contributed by atoms with Gasteiger partial charge in [-0.05, 0) is 108 Å². The molecular weight excluding hydrogens is 674 g/mol. The third kappa shape index (κ3) is 5.24. The molecule has 12 heteroatoms. The minimum atomic E-state index is -0.593. The maximum absolute atomic E-state index is 14.3. The zero-order chi connectivity index (χ0) is 33.6. The van der Waals surface area contributed by atoms with E-state index in [1.165, 1.54) is 6.92 Å². The SMILES string of the molecule is CC(=O)c1nn(CC(=O)N2C[C@H]3C[C@H]3[C@H]2C(=O)N2C[C@H]3C[C@H]3C2C(=O)Cc2nc(Br)ccc2C)c2c(C)cc(-c3cnc(C)nc3)cc12. The van der Waals surface area contributed by atoms with Crippen molar-refractivity contribution in [1.82, 2.24) is 34.5 Å². The first kappa shape index (κ1) is 31.0. The fraction of sp³-hybridized carbons (Fsp3) is 0.444. The van der Waals surface area contributed by atoms with Crippen LogP contribution in [0.1, 0.15) is 52.9 Å². The number of rotatable bonds is 8. The number of amides is 2. The molecule has 3 aromatic heterocycles. The molecule has 246 valence electrons. The molecule has 48 heavy (non-hydrogen) atoms. The summed E-state index contributed by atoms with van der Waals surface area (Å²) in [6.07, 6.45) is 5.53. The lowest BCUT2D eigenvalue weighted by molar-refractivity contribution is -0.148. The minimum Gasteiger partial charge on any atom is -0.330 e. The minimum absolute atomic E-state index is 0.0112. The summed E-state index contributed by atoms with van der Waals surface area (Å²) in [7, 11) is 0. The average molecular weight is 711 g/mol. The summed E-state index contributed by atoms with van der Waals surface area (Å²) >= 11 is 3.41. The number of carbonyl (C=O) groups is 4. The van der Waals surface area contributed by atoms with E-state index in [-0.39, 0.29) is 54.1 Å². The monoisotopic (exact) mass is 709 g/mol. The van der Waals surface area contributed by atoms with Crippen molar-refractivity contribution in [1.29, 1.82) is 0 Å². The van der Waals surface area contributed by atoms with Crippen LogP contribution < -0.4 is 0 Å². The van der Waals surface area contributed by atoms with E-state index in [4.69, 9.17) is 0 Å². The molecule has 2 saturated carbocycles. The summed E-state index contributed by atoms with van der Waals surface area (Å²) in [4.78, 5) is 71.6. The average Bonchev–Trinajstić information content (AvgIpc) is 3.86. The number of aryl methyl sites for hydroxylation is 3. The van der Waals surface area contributed by atoms with Gasteiger partial charge in [-0.3, -0.25) is 23.9 Å². The normalized spacial score (nSPS) is 25.3. The van der Waals surface area contributed by atoms with E-state index in [9.17, 15) is 19.2 Å². The molecule has 0 radical (unpaired) electrons. The smallest absolute Gasteiger partial charge is 0.246 e. The Morgan fingerprint density at radius 1 is 0.875 bits per heavy atom. The second-order valence-corrected chi connectivity index (χ2v) is 14.9. The quantitative estimate of drug-likeness (QED) is 0.196. The number of ketones is 2. The van der Waals surface area contributed by atoms with Crippen LogP contribution in [0.3, 0.4) is 0 Å². The molecule has 2 amide bonds. The second-order valence-electron chi connectivity index (χ2n) is 14.1. The van der Waals surface area contributed by atoms with Crippen molar-refractivity contribution < 1.29 is 19.2 Å². The molecule has 1 unspecified atom stereocenters. The van der Waals surface area contributed by atoms with E-state index < -0.39 is 12.1 Å². The standard InChI is InChI=1S/C36H36BrN7O4/c1-17-5-6-30(37)40-28(17)11-29(46)34-25-9-23(25)15-43(34)36(48)35-26-10-22(26)14-42(35)31(47)16-44-33-18(2)7-21(24-12-38-20(4)39-13-24)8-27(33)32(41-44)19(3)45/h5-8,12-13,22-23,25-26,34-35H,9-11,14-16H2,1-4H3/t22-,23-,25-,26-,34?,35+/m1/s1. The van der Waals surface area contributed by atoms with Gasteiger partial charge in [0.05, 0.1) is 23.7 Å². The molecule has 2 saturated heterocycles. The van der Waals surface area contributed by atoms with E-state index in [1.54, 1.807) is 26.9 Å². The molecule has 1 aromatic carbocycles. The second kappa shape index (κ2) is 11.4. The number of Topliss-reactive ketones (excluding diaryl/α,β-unsaturated/α-hetero) is 2. The molecule has 0 bridgehead atoms. The van der Waals surface area contributed by atoms with Gasteiger partial charge in [0.1, 0.15) is 28.7 Å². The van der Waals surface area contributed by atoms with E-state index in [0.29, 0.717) is 46.0 Å². The molecule has 2 aliphatic carbocycles. The van der Waals surface area contributed by atoms with Crippen molar-refractivity contribution in [2.75, 3.05) is 13.1 Å². The number of piperidine rings is 2. The summed E-state index contributed by atoms with van der Waals surface area (Å²) in [6.45, 7) is 8.14. The largest absolute Gasteiger partial charge is 0.330 e. The zero-order valence-corrected chi connectivity index (χ0v) is 28.9. The van der Waals surface area contributed by atoms with Crippen LogP contribution in [0.15, 0.2) is 41.3 Å². The third-order valence-corrected chi connectivity index (χ3v) is 11.2. The Morgan fingerprint density at radius 3 is 2.27 bits per heavy atom. The summed E-state index contributed by atoms with van der Waals surface area (Å²) in [5.74, 6) is 1.05. The topological polar surface area (TPSA) is 131 Å². The first-order valence-electron chi connectivity index (χ1n) is 16.5.